The summed E-state index contributed by atoms with van der Waals surface area (Å²) in [6.45, 7) is 2.57. The standard InChI is InChI=1S/C21H22N2O3/c1-15-3-5-16(6-4-15)13-22-20(24)11-12-21-23-14-19(26-21)17-7-9-18(25-2)10-8-17/h3-10,14H,11-13H2,1-2H3,(H,22,24). The lowest BCUT2D eigenvalue weighted by molar-refractivity contribution is -0.121. The molecule has 1 N–H and O–H groups in total. The SMILES string of the molecule is COc1ccc(-c2cnc(CCC(=O)NCc3ccc(C)cc3)o2)cc1. The van der Waals surface area contributed by atoms with Crippen LogP contribution in [0.4, 0.5) is 0 Å². The van der Waals surface area contributed by atoms with E-state index in [9.17, 15) is 4.79 Å². The van der Waals surface area contributed by atoms with Crippen LogP contribution in [0.2, 0.25) is 0 Å². The molecule has 0 fully saturated rings. The van der Waals surface area contributed by atoms with Crippen LogP contribution in [-0.4, -0.2) is 18.0 Å². The van der Waals surface area contributed by atoms with Crippen molar-refractivity contribution in [2.45, 2.75) is 26.3 Å². The van der Waals surface area contributed by atoms with Crippen LogP contribution in [0.5, 0.6) is 5.75 Å². The van der Waals surface area contributed by atoms with Gasteiger partial charge in [0, 0.05) is 24.9 Å². The van der Waals surface area contributed by atoms with Crippen molar-refractivity contribution in [2.75, 3.05) is 7.11 Å². The molecule has 26 heavy (non-hydrogen) atoms. The first-order valence-corrected chi connectivity index (χ1v) is 8.55. The van der Waals surface area contributed by atoms with Crippen LogP contribution in [-0.2, 0) is 17.8 Å². The largest absolute Gasteiger partial charge is 0.497 e. The molecule has 5 heteroatoms. The number of hydrogen-bond donors (Lipinski definition) is 1. The van der Waals surface area contributed by atoms with E-state index in [0.717, 1.165) is 16.9 Å². The molecule has 5 nitrogen and oxygen atoms in total. The molecule has 1 aromatic heterocycles. The number of rotatable bonds is 7. The van der Waals surface area contributed by atoms with Gasteiger partial charge in [-0.05, 0) is 36.8 Å². The minimum Gasteiger partial charge on any atom is -0.497 e. The molecule has 0 aliphatic carbocycles. The summed E-state index contributed by atoms with van der Waals surface area (Å²) < 4.78 is 10.9. The first-order valence-electron chi connectivity index (χ1n) is 8.55. The van der Waals surface area contributed by atoms with E-state index in [1.165, 1.54) is 5.56 Å². The van der Waals surface area contributed by atoms with Gasteiger partial charge >= 0.3 is 0 Å². The topological polar surface area (TPSA) is 64.4 Å². The van der Waals surface area contributed by atoms with Gasteiger partial charge in [0.1, 0.15) is 5.75 Å². The third-order valence-electron chi connectivity index (χ3n) is 4.10. The number of carbonyl (C=O) groups is 1. The number of nitrogens with zero attached hydrogens (tertiary/aromatic N) is 1. The fourth-order valence-electron chi connectivity index (χ4n) is 2.53. The number of methoxy groups -OCH3 is 1. The lowest BCUT2D eigenvalue weighted by atomic mass is 10.1. The van der Waals surface area contributed by atoms with E-state index < -0.39 is 0 Å². The van der Waals surface area contributed by atoms with Crippen molar-refractivity contribution in [2.24, 2.45) is 0 Å². The molecule has 0 atom stereocenters. The molecule has 0 aliphatic rings. The molecular weight excluding hydrogens is 328 g/mol. The van der Waals surface area contributed by atoms with Crippen LogP contribution in [0.15, 0.2) is 59.1 Å². The Morgan fingerprint density at radius 2 is 1.85 bits per heavy atom. The van der Waals surface area contributed by atoms with Crippen LogP contribution >= 0.6 is 0 Å². The first-order chi connectivity index (χ1) is 12.6. The number of aryl methyl sites for hydroxylation is 2. The third kappa shape index (κ3) is 4.72. The Hall–Kier alpha value is -3.08. The monoisotopic (exact) mass is 350 g/mol. The predicted octanol–water partition coefficient (Wildman–Crippen LogP) is 3.91. The van der Waals surface area contributed by atoms with Crippen LogP contribution in [0, 0.1) is 6.92 Å². The molecule has 0 aliphatic heterocycles. The highest BCUT2D eigenvalue weighted by Gasteiger charge is 2.09. The Morgan fingerprint density at radius 3 is 2.54 bits per heavy atom. The van der Waals surface area contributed by atoms with Gasteiger partial charge in [-0.25, -0.2) is 4.98 Å². The first kappa shape index (κ1) is 17.7. The lowest BCUT2D eigenvalue weighted by Gasteiger charge is -2.05. The summed E-state index contributed by atoms with van der Waals surface area (Å²) in [5, 5.41) is 2.92. The Morgan fingerprint density at radius 1 is 1.12 bits per heavy atom. The molecule has 0 saturated heterocycles. The van der Waals surface area contributed by atoms with Gasteiger partial charge in [0.25, 0.3) is 0 Å². The molecule has 134 valence electrons. The normalized spacial score (nSPS) is 10.5. The van der Waals surface area contributed by atoms with Gasteiger partial charge in [-0.2, -0.15) is 0 Å². The lowest BCUT2D eigenvalue weighted by Crippen LogP contribution is -2.23. The van der Waals surface area contributed by atoms with E-state index >= 15 is 0 Å². The molecule has 0 saturated carbocycles. The number of benzene rings is 2. The molecule has 0 unspecified atom stereocenters. The fraction of sp³-hybridized carbons (Fsp3) is 0.238. The number of amides is 1. The zero-order chi connectivity index (χ0) is 18.4. The summed E-state index contributed by atoms with van der Waals surface area (Å²) in [6, 6.07) is 15.7. The van der Waals surface area contributed by atoms with Crippen LogP contribution in [0.1, 0.15) is 23.4 Å². The van der Waals surface area contributed by atoms with E-state index in [1.807, 2.05) is 55.5 Å². The zero-order valence-electron chi connectivity index (χ0n) is 15.0. The molecule has 0 bridgehead atoms. The van der Waals surface area contributed by atoms with Crippen molar-refractivity contribution in [3.63, 3.8) is 0 Å². The average molecular weight is 350 g/mol. The summed E-state index contributed by atoms with van der Waals surface area (Å²) in [6.07, 6.45) is 2.49. The summed E-state index contributed by atoms with van der Waals surface area (Å²) >= 11 is 0. The molecule has 3 aromatic rings. The highest BCUT2D eigenvalue weighted by Crippen LogP contribution is 2.23. The second-order valence-electron chi connectivity index (χ2n) is 6.11. The van der Waals surface area contributed by atoms with Crippen molar-refractivity contribution in [3.05, 3.63) is 71.7 Å². The number of carbonyl (C=O) groups excluding carboxylic acids is 1. The Kier molecular flexibility index (Phi) is 5.69. The van der Waals surface area contributed by atoms with Gasteiger partial charge in [0.05, 0.1) is 13.3 Å². The van der Waals surface area contributed by atoms with Gasteiger partial charge < -0.3 is 14.5 Å². The van der Waals surface area contributed by atoms with Crippen molar-refractivity contribution >= 4 is 5.91 Å². The average Bonchev–Trinajstić information content (AvgIpc) is 3.15. The summed E-state index contributed by atoms with van der Waals surface area (Å²) in [5.74, 6) is 2.01. The zero-order valence-corrected chi connectivity index (χ0v) is 15.0. The number of ether oxygens (including phenoxy) is 1. The fourth-order valence-corrected chi connectivity index (χ4v) is 2.53. The quantitative estimate of drug-likeness (QED) is 0.702. The minimum absolute atomic E-state index is 0.0187. The second kappa shape index (κ2) is 8.34. The van der Waals surface area contributed by atoms with Crippen molar-refractivity contribution < 1.29 is 13.9 Å². The summed E-state index contributed by atoms with van der Waals surface area (Å²) in [7, 11) is 1.63. The maximum absolute atomic E-state index is 12.0. The maximum atomic E-state index is 12.0. The van der Waals surface area contributed by atoms with Crippen molar-refractivity contribution in [3.8, 4) is 17.1 Å². The van der Waals surface area contributed by atoms with Crippen LogP contribution < -0.4 is 10.1 Å². The summed E-state index contributed by atoms with van der Waals surface area (Å²) in [4.78, 5) is 16.3. The van der Waals surface area contributed by atoms with Crippen LogP contribution in [0.3, 0.4) is 0 Å². The molecule has 3 rings (SSSR count). The van der Waals surface area contributed by atoms with Crippen LogP contribution in [0.25, 0.3) is 11.3 Å². The van der Waals surface area contributed by atoms with E-state index in [0.29, 0.717) is 31.0 Å². The van der Waals surface area contributed by atoms with Gasteiger partial charge in [0.15, 0.2) is 11.7 Å². The molecule has 2 aromatic carbocycles. The van der Waals surface area contributed by atoms with E-state index in [1.54, 1.807) is 13.3 Å². The van der Waals surface area contributed by atoms with Crippen molar-refractivity contribution in [1.82, 2.24) is 10.3 Å². The van der Waals surface area contributed by atoms with Gasteiger partial charge in [-0.1, -0.05) is 29.8 Å². The third-order valence-corrected chi connectivity index (χ3v) is 4.10. The molecular formula is C21H22N2O3. The number of nitrogens with one attached hydrogen (secondary N) is 1. The number of aromatic nitrogens is 1. The van der Waals surface area contributed by atoms with Gasteiger partial charge in [0.2, 0.25) is 5.91 Å². The van der Waals surface area contributed by atoms with E-state index in [-0.39, 0.29) is 5.91 Å². The highest BCUT2D eigenvalue weighted by molar-refractivity contribution is 5.76. The molecule has 0 radical (unpaired) electrons. The molecule has 1 heterocycles. The molecule has 0 spiro atoms. The maximum Gasteiger partial charge on any atom is 0.220 e. The minimum atomic E-state index is -0.0187. The van der Waals surface area contributed by atoms with Crippen molar-refractivity contribution in [1.29, 1.82) is 0 Å². The number of hydrogen-bond acceptors (Lipinski definition) is 4. The summed E-state index contributed by atoms with van der Waals surface area (Å²) in [5.41, 5.74) is 3.21. The highest BCUT2D eigenvalue weighted by atomic mass is 16.5. The van der Waals surface area contributed by atoms with E-state index in [4.69, 9.17) is 9.15 Å². The van der Waals surface area contributed by atoms with E-state index in [2.05, 4.69) is 10.3 Å². The second-order valence-corrected chi connectivity index (χ2v) is 6.11. The smallest absolute Gasteiger partial charge is 0.220 e. The Labute approximate surface area is 153 Å². The predicted molar refractivity (Wildman–Crippen MR) is 99.8 cm³/mol. The molecule has 1 amide bonds. The number of oxazole rings is 1. The van der Waals surface area contributed by atoms with Gasteiger partial charge in [-0.15, -0.1) is 0 Å². The Balaban J connectivity index is 1.49. The Bertz CT molecular complexity index is 852. The van der Waals surface area contributed by atoms with Gasteiger partial charge in [-0.3, -0.25) is 4.79 Å².